The second-order valence-electron chi connectivity index (χ2n) is 4.54. The molecule has 4 N–H and O–H groups in total. The first-order valence-electron chi connectivity index (χ1n) is 5.45. The van der Waals surface area contributed by atoms with Gasteiger partial charge in [0.15, 0.2) is 0 Å². The van der Waals surface area contributed by atoms with E-state index in [1.54, 1.807) is 6.07 Å². The molecule has 0 aromatic heterocycles. The number of hydrogen-bond acceptors (Lipinski definition) is 5. The van der Waals surface area contributed by atoms with E-state index in [9.17, 15) is 10.1 Å². The fourth-order valence-electron chi connectivity index (χ4n) is 1.67. The molecule has 0 radical (unpaired) electrons. The summed E-state index contributed by atoms with van der Waals surface area (Å²) in [6.07, 6.45) is 2.01. The number of nitrogens with two attached hydrogens (primary N) is 1. The number of aliphatic hydroxyl groups is 1. The van der Waals surface area contributed by atoms with E-state index in [2.05, 4.69) is 5.32 Å². The Balaban J connectivity index is 2.04. The Morgan fingerprint density at radius 3 is 2.71 bits per heavy atom. The summed E-state index contributed by atoms with van der Waals surface area (Å²) in [5.41, 5.74) is 6.71. The molecule has 0 saturated heterocycles. The Morgan fingerprint density at radius 1 is 1.53 bits per heavy atom. The molecule has 1 aliphatic rings. The van der Waals surface area contributed by atoms with E-state index in [0.717, 1.165) is 12.8 Å². The first-order chi connectivity index (χ1) is 8.06. The quantitative estimate of drug-likeness (QED) is 0.407. The van der Waals surface area contributed by atoms with Crippen LogP contribution in [-0.4, -0.2) is 23.2 Å². The van der Waals surface area contributed by atoms with Crippen LogP contribution in [0.25, 0.3) is 0 Å². The molecule has 92 valence electrons. The Bertz CT molecular complexity index is 444. The molecule has 0 unspecified atom stereocenters. The van der Waals surface area contributed by atoms with Crippen molar-refractivity contribution in [3.05, 3.63) is 28.3 Å². The first kappa shape index (κ1) is 11.7. The summed E-state index contributed by atoms with van der Waals surface area (Å²) >= 11 is 0. The predicted octanol–water partition coefficient (Wildman–Crippen LogP) is 1.36. The van der Waals surface area contributed by atoms with Gasteiger partial charge in [0.1, 0.15) is 0 Å². The summed E-state index contributed by atoms with van der Waals surface area (Å²) < 4.78 is 0. The van der Waals surface area contributed by atoms with E-state index in [1.165, 1.54) is 12.1 Å². The Kier molecular flexibility index (Phi) is 2.89. The second-order valence-corrected chi connectivity index (χ2v) is 4.54. The number of anilines is 2. The molecule has 1 aromatic rings. The molecular formula is C11H15N3O3. The molecule has 1 saturated carbocycles. The SMILES string of the molecule is Nc1cc([N+](=O)[O-])ccc1NCC1(CO)CC1. The summed E-state index contributed by atoms with van der Waals surface area (Å²) in [7, 11) is 0. The van der Waals surface area contributed by atoms with Crippen molar-refractivity contribution >= 4 is 17.1 Å². The van der Waals surface area contributed by atoms with Gasteiger partial charge in [0.25, 0.3) is 5.69 Å². The van der Waals surface area contributed by atoms with Crippen LogP contribution in [-0.2, 0) is 0 Å². The van der Waals surface area contributed by atoms with Gasteiger partial charge in [-0.2, -0.15) is 0 Å². The number of nitro benzene ring substituents is 1. The third kappa shape index (κ3) is 2.47. The zero-order chi connectivity index (χ0) is 12.5. The van der Waals surface area contributed by atoms with Gasteiger partial charge < -0.3 is 16.2 Å². The number of benzene rings is 1. The number of nitrogens with one attached hydrogen (secondary N) is 1. The molecular weight excluding hydrogens is 222 g/mol. The summed E-state index contributed by atoms with van der Waals surface area (Å²) in [6, 6.07) is 4.35. The van der Waals surface area contributed by atoms with E-state index in [1.807, 2.05) is 0 Å². The summed E-state index contributed by atoms with van der Waals surface area (Å²) in [5.74, 6) is 0. The lowest BCUT2D eigenvalue weighted by atomic mass is 10.1. The van der Waals surface area contributed by atoms with Gasteiger partial charge in [0, 0.05) is 24.1 Å². The molecule has 0 amide bonds. The highest BCUT2D eigenvalue weighted by atomic mass is 16.6. The average Bonchev–Trinajstić information content (AvgIpc) is 3.08. The third-order valence-corrected chi connectivity index (χ3v) is 3.19. The second kappa shape index (κ2) is 4.21. The van der Waals surface area contributed by atoms with Gasteiger partial charge in [-0.3, -0.25) is 10.1 Å². The molecule has 6 nitrogen and oxygen atoms in total. The maximum atomic E-state index is 10.5. The van der Waals surface area contributed by atoms with Crippen LogP contribution in [0.2, 0.25) is 0 Å². The number of rotatable bonds is 5. The van der Waals surface area contributed by atoms with E-state index in [4.69, 9.17) is 10.8 Å². The number of aliphatic hydroxyl groups excluding tert-OH is 1. The predicted molar refractivity (Wildman–Crippen MR) is 64.8 cm³/mol. The zero-order valence-corrected chi connectivity index (χ0v) is 9.35. The molecule has 0 bridgehead atoms. The number of nitro groups is 1. The fourth-order valence-corrected chi connectivity index (χ4v) is 1.67. The van der Waals surface area contributed by atoms with Crippen LogP contribution in [0.5, 0.6) is 0 Å². The minimum Gasteiger partial charge on any atom is -0.397 e. The van der Waals surface area contributed by atoms with Crippen LogP contribution in [0.3, 0.4) is 0 Å². The van der Waals surface area contributed by atoms with Crippen molar-refractivity contribution in [3.8, 4) is 0 Å². The molecule has 0 aliphatic heterocycles. The minimum atomic E-state index is -0.476. The highest BCUT2D eigenvalue weighted by molar-refractivity contribution is 5.69. The molecule has 0 atom stereocenters. The van der Waals surface area contributed by atoms with Crippen LogP contribution >= 0.6 is 0 Å². The number of hydrogen-bond donors (Lipinski definition) is 3. The summed E-state index contributed by atoms with van der Waals surface area (Å²) in [5, 5.41) is 22.8. The van der Waals surface area contributed by atoms with Gasteiger partial charge >= 0.3 is 0 Å². The van der Waals surface area contributed by atoms with Crippen molar-refractivity contribution < 1.29 is 10.0 Å². The third-order valence-electron chi connectivity index (χ3n) is 3.19. The molecule has 1 fully saturated rings. The summed E-state index contributed by atoms with van der Waals surface area (Å²) in [4.78, 5) is 10.1. The molecule has 6 heteroatoms. The maximum absolute atomic E-state index is 10.5. The lowest BCUT2D eigenvalue weighted by Gasteiger charge is -2.15. The topological polar surface area (TPSA) is 101 Å². The van der Waals surface area contributed by atoms with Crippen molar-refractivity contribution in [2.75, 3.05) is 24.2 Å². The minimum absolute atomic E-state index is 0.0173. The Hall–Kier alpha value is -1.82. The molecule has 2 rings (SSSR count). The average molecular weight is 237 g/mol. The van der Waals surface area contributed by atoms with E-state index < -0.39 is 4.92 Å². The number of nitrogens with zero attached hydrogens (tertiary/aromatic N) is 1. The van der Waals surface area contributed by atoms with E-state index >= 15 is 0 Å². The first-order valence-corrected chi connectivity index (χ1v) is 5.45. The molecule has 1 aliphatic carbocycles. The van der Waals surface area contributed by atoms with E-state index in [-0.39, 0.29) is 17.7 Å². The van der Waals surface area contributed by atoms with Crippen molar-refractivity contribution in [1.82, 2.24) is 0 Å². The van der Waals surface area contributed by atoms with Gasteiger partial charge in [-0.25, -0.2) is 0 Å². The highest BCUT2D eigenvalue weighted by Crippen LogP contribution is 2.45. The standard InChI is InChI=1S/C11H15N3O3/c12-9-5-8(14(16)17)1-2-10(9)13-6-11(7-15)3-4-11/h1-2,5,13,15H,3-4,6-7,12H2. The zero-order valence-electron chi connectivity index (χ0n) is 9.35. The smallest absolute Gasteiger partial charge is 0.271 e. The van der Waals surface area contributed by atoms with Gasteiger partial charge in [0.05, 0.1) is 22.9 Å². The lowest BCUT2D eigenvalue weighted by molar-refractivity contribution is -0.384. The van der Waals surface area contributed by atoms with Gasteiger partial charge in [-0.15, -0.1) is 0 Å². The van der Waals surface area contributed by atoms with Crippen molar-refractivity contribution in [3.63, 3.8) is 0 Å². The highest BCUT2D eigenvalue weighted by Gasteiger charge is 2.41. The molecule has 1 aromatic carbocycles. The van der Waals surface area contributed by atoms with Gasteiger partial charge in [0.2, 0.25) is 0 Å². The number of non-ortho nitro benzene ring substituents is 1. The van der Waals surface area contributed by atoms with E-state index in [0.29, 0.717) is 17.9 Å². The maximum Gasteiger partial charge on any atom is 0.271 e. The fraction of sp³-hybridized carbons (Fsp3) is 0.455. The van der Waals surface area contributed by atoms with Gasteiger partial charge in [-0.05, 0) is 18.9 Å². The number of nitrogen functional groups attached to an aromatic ring is 1. The largest absolute Gasteiger partial charge is 0.397 e. The van der Waals surface area contributed by atoms with Crippen LogP contribution < -0.4 is 11.1 Å². The lowest BCUT2D eigenvalue weighted by Crippen LogP contribution is -2.19. The van der Waals surface area contributed by atoms with Crippen LogP contribution in [0.4, 0.5) is 17.1 Å². The monoisotopic (exact) mass is 237 g/mol. The van der Waals surface area contributed by atoms with Crippen molar-refractivity contribution in [2.45, 2.75) is 12.8 Å². The summed E-state index contributed by atoms with van der Waals surface area (Å²) in [6.45, 7) is 0.804. The molecule has 0 spiro atoms. The molecule has 17 heavy (non-hydrogen) atoms. The van der Waals surface area contributed by atoms with Crippen molar-refractivity contribution in [2.24, 2.45) is 5.41 Å². The van der Waals surface area contributed by atoms with Gasteiger partial charge in [-0.1, -0.05) is 0 Å². The normalized spacial score (nSPS) is 16.5. The Morgan fingerprint density at radius 2 is 2.24 bits per heavy atom. The van der Waals surface area contributed by atoms with Crippen LogP contribution in [0, 0.1) is 15.5 Å². The Labute approximate surface area is 98.6 Å². The van der Waals surface area contributed by atoms with Crippen LogP contribution in [0.1, 0.15) is 12.8 Å². The molecule has 0 heterocycles. The van der Waals surface area contributed by atoms with Crippen LogP contribution in [0.15, 0.2) is 18.2 Å². The van der Waals surface area contributed by atoms with Crippen molar-refractivity contribution in [1.29, 1.82) is 0 Å².